The lowest BCUT2D eigenvalue weighted by molar-refractivity contribution is -0.597. The molecular formula is C20H12F4IO3+. The van der Waals surface area contributed by atoms with Crippen LogP contribution in [0.3, 0.4) is 0 Å². The molecule has 0 radical (unpaired) electrons. The average molecular weight is 503 g/mol. The predicted octanol–water partition coefficient (Wildman–Crippen LogP) is 1.60. The van der Waals surface area contributed by atoms with Gasteiger partial charge in [-0.3, -0.25) is 0 Å². The molecule has 3 nitrogen and oxygen atoms in total. The van der Waals surface area contributed by atoms with Crippen molar-refractivity contribution < 1.29 is 53.0 Å². The van der Waals surface area contributed by atoms with Crippen LogP contribution >= 0.6 is 0 Å². The first kappa shape index (κ1) is 20.1. The fourth-order valence-electron chi connectivity index (χ4n) is 2.20. The largest absolute Gasteiger partial charge is 0.497 e. The minimum Gasteiger partial charge on any atom is -0.497 e. The van der Waals surface area contributed by atoms with Gasteiger partial charge in [0.15, 0.2) is 18.8 Å². The zero-order valence-electron chi connectivity index (χ0n) is 14.3. The van der Waals surface area contributed by atoms with Crippen molar-refractivity contribution in [2.45, 2.75) is 0 Å². The highest BCUT2D eigenvalue weighted by Gasteiger charge is 2.24. The maximum atomic E-state index is 13.6. The Labute approximate surface area is 168 Å². The number of halogens is 5. The summed E-state index contributed by atoms with van der Waals surface area (Å²) in [4.78, 5) is 12.1. The van der Waals surface area contributed by atoms with Crippen LogP contribution in [-0.2, 0) is 0 Å². The van der Waals surface area contributed by atoms with Gasteiger partial charge in [0, 0.05) is 6.07 Å². The standard InChI is InChI=1S/C20H12F4IO3/c1-27-14-8-6-13(7-9-14)25-12-4-2-11(3-5-12)20(26)28-19-17(23)15(21)10-16(22)18(19)24/h2-10H,1H3/q+1. The van der Waals surface area contributed by atoms with E-state index in [2.05, 4.69) is 4.74 Å². The number of carbonyl (C=O) groups is 1. The Kier molecular flexibility index (Phi) is 6.18. The number of hydrogen-bond acceptors (Lipinski definition) is 3. The van der Waals surface area contributed by atoms with Gasteiger partial charge in [-0.25, -0.2) is 13.6 Å². The molecule has 0 spiro atoms. The van der Waals surface area contributed by atoms with Gasteiger partial charge in [0.25, 0.3) is 0 Å². The van der Waals surface area contributed by atoms with Crippen molar-refractivity contribution in [1.82, 2.24) is 0 Å². The maximum absolute atomic E-state index is 13.6. The highest BCUT2D eigenvalue weighted by atomic mass is 127. The third-order valence-corrected chi connectivity index (χ3v) is 6.30. The quantitative estimate of drug-likeness (QED) is 0.175. The van der Waals surface area contributed by atoms with Crippen molar-refractivity contribution in [1.29, 1.82) is 0 Å². The molecule has 3 aromatic carbocycles. The second-order valence-electron chi connectivity index (χ2n) is 5.45. The van der Waals surface area contributed by atoms with Gasteiger partial charge in [-0.2, -0.15) is 8.78 Å². The van der Waals surface area contributed by atoms with Crippen molar-refractivity contribution in [2.24, 2.45) is 0 Å². The first-order valence-corrected chi connectivity index (χ1v) is 9.99. The molecule has 28 heavy (non-hydrogen) atoms. The molecule has 8 heteroatoms. The Bertz CT molecular complexity index is 979. The van der Waals surface area contributed by atoms with E-state index in [1.165, 1.54) is 12.1 Å². The van der Waals surface area contributed by atoms with Gasteiger partial charge in [0.05, 0.1) is 12.7 Å². The first-order valence-electron chi connectivity index (χ1n) is 7.83. The van der Waals surface area contributed by atoms with Crippen molar-refractivity contribution in [3.8, 4) is 11.5 Å². The van der Waals surface area contributed by atoms with Crippen molar-refractivity contribution in [3.05, 3.63) is 90.6 Å². The molecule has 0 saturated heterocycles. The summed E-state index contributed by atoms with van der Waals surface area (Å²) in [7, 11) is 1.58. The summed E-state index contributed by atoms with van der Waals surface area (Å²) in [5.41, 5.74) is -0.00837. The van der Waals surface area contributed by atoms with E-state index in [9.17, 15) is 22.4 Å². The zero-order valence-corrected chi connectivity index (χ0v) is 16.5. The zero-order chi connectivity index (χ0) is 20.3. The molecule has 0 atom stereocenters. The number of methoxy groups -OCH3 is 1. The minimum absolute atomic E-state index is 0.00837. The third kappa shape index (κ3) is 4.44. The topological polar surface area (TPSA) is 35.5 Å². The summed E-state index contributed by atoms with van der Waals surface area (Å²) in [5.74, 6) is -8.63. The van der Waals surface area contributed by atoms with Gasteiger partial charge in [0.1, 0.15) is 5.75 Å². The summed E-state index contributed by atoms with van der Waals surface area (Å²) in [6.45, 7) is 0. The van der Waals surface area contributed by atoms with Crippen LogP contribution in [0.25, 0.3) is 0 Å². The molecule has 0 amide bonds. The third-order valence-electron chi connectivity index (χ3n) is 3.61. The number of rotatable bonds is 5. The van der Waals surface area contributed by atoms with Gasteiger partial charge in [0.2, 0.25) is 17.4 Å². The van der Waals surface area contributed by atoms with Crippen LogP contribution < -0.4 is 30.7 Å². The van der Waals surface area contributed by atoms with Crippen LogP contribution in [0.15, 0.2) is 54.6 Å². The second-order valence-corrected chi connectivity index (χ2v) is 8.48. The molecule has 0 fully saturated rings. The van der Waals surface area contributed by atoms with Crippen molar-refractivity contribution >= 4 is 5.97 Å². The van der Waals surface area contributed by atoms with E-state index in [-0.39, 0.29) is 11.6 Å². The van der Waals surface area contributed by atoms with Gasteiger partial charge in [-0.15, -0.1) is 0 Å². The Morgan fingerprint density at radius 3 is 1.82 bits per heavy atom. The predicted molar refractivity (Wildman–Crippen MR) is 88.1 cm³/mol. The van der Waals surface area contributed by atoms with E-state index in [0.29, 0.717) is 0 Å². The molecule has 0 heterocycles. The molecule has 0 unspecified atom stereocenters. The number of carbonyl (C=O) groups excluding carboxylic acids is 1. The molecule has 0 aliphatic carbocycles. The Morgan fingerprint density at radius 1 is 0.821 bits per heavy atom. The summed E-state index contributed by atoms with van der Waals surface area (Å²) >= 11 is -0.517. The van der Waals surface area contributed by atoms with Crippen LogP contribution in [0.2, 0.25) is 0 Å². The highest BCUT2D eigenvalue weighted by molar-refractivity contribution is 5.91. The van der Waals surface area contributed by atoms with Crippen LogP contribution in [0, 0.1) is 30.4 Å². The molecule has 0 aliphatic heterocycles. The molecule has 3 aromatic rings. The summed E-state index contributed by atoms with van der Waals surface area (Å²) < 4.78 is 65.4. The summed E-state index contributed by atoms with van der Waals surface area (Å²) in [6.07, 6.45) is 0. The molecule has 0 aromatic heterocycles. The molecule has 0 aliphatic rings. The molecule has 0 bridgehead atoms. The molecule has 0 saturated carbocycles. The number of esters is 1. The maximum Gasteiger partial charge on any atom is 0.357 e. The van der Waals surface area contributed by atoms with Crippen LogP contribution in [0.5, 0.6) is 11.5 Å². The minimum atomic E-state index is -1.77. The van der Waals surface area contributed by atoms with E-state index in [1.54, 1.807) is 19.2 Å². The smallest absolute Gasteiger partial charge is 0.357 e. The number of hydrogen-bond donors (Lipinski definition) is 0. The molecule has 144 valence electrons. The fraction of sp³-hybridized carbons (Fsp3) is 0.0500. The normalized spacial score (nSPS) is 10.6. The van der Waals surface area contributed by atoms with Gasteiger partial charge in [-0.1, -0.05) is 0 Å². The van der Waals surface area contributed by atoms with E-state index in [1.807, 2.05) is 24.3 Å². The van der Waals surface area contributed by atoms with Crippen molar-refractivity contribution in [2.75, 3.05) is 7.11 Å². The van der Waals surface area contributed by atoms with E-state index >= 15 is 0 Å². The Hall–Kier alpha value is -2.62. The summed E-state index contributed by atoms with van der Waals surface area (Å²) in [5, 5.41) is 0. The lowest BCUT2D eigenvalue weighted by Crippen LogP contribution is -3.61. The van der Waals surface area contributed by atoms with Crippen LogP contribution in [-0.4, -0.2) is 13.1 Å². The lowest BCUT2D eigenvalue weighted by Gasteiger charge is -2.07. The van der Waals surface area contributed by atoms with Gasteiger partial charge < -0.3 is 9.47 Å². The van der Waals surface area contributed by atoms with E-state index in [4.69, 9.17) is 4.74 Å². The lowest BCUT2D eigenvalue weighted by atomic mass is 10.2. The van der Waals surface area contributed by atoms with Gasteiger partial charge in [-0.05, 0) is 48.5 Å². The molecule has 3 rings (SSSR count). The van der Waals surface area contributed by atoms with E-state index < -0.39 is 56.2 Å². The molecular weight excluding hydrogens is 491 g/mol. The second kappa shape index (κ2) is 8.59. The Morgan fingerprint density at radius 2 is 1.32 bits per heavy atom. The SMILES string of the molecule is COc1ccc([I+]c2ccc(C(=O)Oc3c(F)c(F)cc(F)c3F)cc2)cc1. The number of ether oxygens (including phenoxy) is 2. The monoisotopic (exact) mass is 503 g/mol. The fourth-order valence-corrected chi connectivity index (χ4v) is 4.36. The Balaban J connectivity index is 1.73. The first-order chi connectivity index (χ1) is 13.4. The summed E-state index contributed by atoms with van der Waals surface area (Å²) in [6, 6.07) is 13.8. The average Bonchev–Trinajstić information content (AvgIpc) is 2.70. The van der Waals surface area contributed by atoms with Crippen LogP contribution in [0.1, 0.15) is 10.4 Å². The number of benzene rings is 3. The van der Waals surface area contributed by atoms with Crippen molar-refractivity contribution in [3.63, 3.8) is 0 Å². The van der Waals surface area contributed by atoms with Crippen LogP contribution in [0.4, 0.5) is 17.6 Å². The molecule has 0 N–H and O–H groups in total. The van der Waals surface area contributed by atoms with E-state index in [0.717, 1.165) is 12.9 Å². The highest BCUT2D eigenvalue weighted by Crippen LogP contribution is 2.27. The van der Waals surface area contributed by atoms with Gasteiger partial charge >= 0.3 is 27.2 Å².